The maximum Gasteiger partial charge on any atom is 0.274 e. The largest absolute Gasteiger partial charge is 0.507 e. The third-order valence-corrected chi connectivity index (χ3v) is 7.19. The van der Waals surface area contributed by atoms with Crippen molar-refractivity contribution in [2.45, 2.75) is 25.9 Å². The maximum atomic E-state index is 13.4. The highest BCUT2D eigenvalue weighted by Gasteiger charge is 2.29. The minimum Gasteiger partial charge on any atom is -0.507 e. The van der Waals surface area contributed by atoms with Crippen LogP contribution in [0.25, 0.3) is 10.9 Å². The van der Waals surface area contributed by atoms with Crippen LogP contribution in [0.5, 0.6) is 5.75 Å². The van der Waals surface area contributed by atoms with E-state index in [2.05, 4.69) is 38.6 Å². The molecule has 34 heavy (non-hydrogen) atoms. The van der Waals surface area contributed by atoms with Crippen LogP contribution >= 0.6 is 0 Å². The third-order valence-electron chi connectivity index (χ3n) is 7.19. The number of carbonyl (C=O) groups excluding carboxylic acids is 2. The van der Waals surface area contributed by atoms with Crippen LogP contribution in [0.2, 0.25) is 0 Å². The fraction of sp³-hybridized carbons (Fsp3) is 0.400. The summed E-state index contributed by atoms with van der Waals surface area (Å²) < 4.78 is 0. The van der Waals surface area contributed by atoms with Crippen molar-refractivity contribution >= 4 is 28.4 Å². The second kappa shape index (κ2) is 8.32. The Morgan fingerprint density at radius 2 is 1.65 bits per heavy atom. The van der Waals surface area contributed by atoms with Crippen molar-refractivity contribution < 1.29 is 14.7 Å². The Labute approximate surface area is 197 Å². The van der Waals surface area contributed by atoms with Crippen LogP contribution in [-0.2, 0) is 13.1 Å². The summed E-state index contributed by atoms with van der Waals surface area (Å²) in [7, 11) is 0. The van der Waals surface area contributed by atoms with Gasteiger partial charge in [0.2, 0.25) is 0 Å². The van der Waals surface area contributed by atoms with E-state index < -0.39 is 0 Å². The highest BCUT2D eigenvalue weighted by atomic mass is 16.3. The Balaban J connectivity index is 1.26. The lowest BCUT2D eigenvalue weighted by atomic mass is 10.1. The zero-order chi connectivity index (χ0) is 23.2. The number of phenols is 1. The molecule has 0 aliphatic carbocycles. The molecule has 2 fully saturated rings. The van der Waals surface area contributed by atoms with Crippen molar-refractivity contribution in [1.82, 2.24) is 25.3 Å². The van der Waals surface area contributed by atoms with Crippen LogP contribution in [0.3, 0.4) is 0 Å². The number of likely N-dealkylation sites (tertiary alicyclic amines) is 1. The zero-order valence-electron chi connectivity index (χ0n) is 19.0. The number of nitrogens with zero attached hydrogens (tertiary/aromatic N) is 4. The van der Waals surface area contributed by atoms with E-state index in [1.165, 1.54) is 11.8 Å². The first-order valence-corrected chi connectivity index (χ1v) is 12.0. The molecule has 176 valence electrons. The van der Waals surface area contributed by atoms with E-state index in [0.717, 1.165) is 63.2 Å². The number of rotatable bonds is 3. The predicted molar refractivity (Wildman–Crippen MR) is 128 cm³/mol. The van der Waals surface area contributed by atoms with Gasteiger partial charge in [0.1, 0.15) is 5.75 Å². The van der Waals surface area contributed by atoms with E-state index in [-0.39, 0.29) is 23.1 Å². The van der Waals surface area contributed by atoms with E-state index >= 15 is 0 Å². The van der Waals surface area contributed by atoms with Gasteiger partial charge in [0.25, 0.3) is 11.8 Å². The van der Waals surface area contributed by atoms with Gasteiger partial charge in [-0.1, -0.05) is 6.07 Å². The number of carbonyl (C=O) groups is 2. The molecule has 2 aromatic carbocycles. The molecule has 6 rings (SSSR count). The fourth-order valence-corrected chi connectivity index (χ4v) is 5.27. The SMILES string of the molecule is O=C(c1cc2c(C(=O)N3CCCC3)n[nH]c2cc1O)N1Cc2ccc(N3CCNCC3)cc2C1. The minimum atomic E-state index is -0.250. The van der Waals surface area contributed by atoms with Crippen LogP contribution in [0.4, 0.5) is 5.69 Å². The molecular weight excluding hydrogens is 432 g/mol. The summed E-state index contributed by atoms with van der Waals surface area (Å²) >= 11 is 0. The van der Waals surface area contributed by atoms with Crippen molar-refractivity contribution in [3.8, 4) is 5.75 Å². The van der Waals surface area contributed by atoms with Crippen molar-refractivity contribution in [1.29, 1.82) is 0 Å². The van der Waals surface area contributed by atoms with Gasteiger partial charge in [-0.15, -0.1) is 0 Å². The number of anilines is 1. The monoisotopic (exact) mass is 460 g/mol. The third kappa shape index (κ3) is 3.56. The first-order valence-electron chi connectivity index (χ1n) is 12.0. The molecule has 0 bridgehead atoms. The van der Waals surface area contributed by atoms with E-state index in [1.807, 2.05) is 0 Å². The highest BCUT2D eigenvalue weighted by molar-refractivity contribution is 6.08. The minimum absolute atomic E-state index is 0.112. The van der Waals surface area contributed by atoms with Crippen LogP contribution in [0, 0.1) is 0 Å². The van der Waals surface area contributed by atoms with Crippen LogP contribution in [0.1, 0.15) is 44.8 Å². The molecule has 0 spiro atoms. The Hall–Kier alpha value is -3.59. The quantitative estimate of drug-likeness (QED) is 0.553. The lowest BCUT2D eigenvalue weighted by Crippen LogP contribution is -2.43. The summed E-state index contributed by atoms with van der Waals surface area (Å²) in [4.78, 5) is 32.3. The summed E-state index contributed by atoms with van der Waals surface area (Å²) in [6, 6.07) is 9.51. The number of benzene rings is 2. The van der Waals surface area contributed by atoms with Gasteiger partial charge in [-0.25, -0.2) is 0 Å². The molecule has 0 radical (unpaired) electrons. The summed E-state index contributed by atoms with van der Waals surface area (Å²) in [6.45, 7) is 6.32. The predicted octanol–water partition coefficient (Wildman–Crippen LogP) is 2.07. The van der Waals surface area contributed by atoms with Crippen molar-refractivity contribution in [3.05, 3.63) is 52.7 Å². The van der Waals surface area contributed by atoms with E-state index in [4.69, 9.17) is 0 Å². The smallest absolute Gasteiger partial charge is 0.274 e. The topological polar surface area (TPSA) is 105 Å². The van der Waals surface area contributed by atoms with Gasteiger partial charge in [-0.2, -0.15) is 5.10 Å². The molecular formula is C25H28N6O3. The van der Waals surface area contributed by atoms with Crippen molar-refractivity contribution in [2.24, 2.45) is 0 Å². The van der Waals surface area contributed by atoms with Gasteiger partial charge >= 0.3 is 0 Å². The number of amides is 2. The van der Waals surface area contributed by atoms with E-state index in [9.17, 15) is 14.7 Å². The second-order valence-corrected chi connectivity index (χ2v) is 9.34. The van der Waals surface area contributed by atoms with E-state index in [0.29, 0.717) is 29.7 Å². The molecule has 2 saturated heterocycles. The number of piperazine rings is 1. The van der Waals surface area contributed by atoms with Crippen molar-refractivity contribution in [3.63, 3.8) is 0 Å². The molecule has 2 amide bonds. The first kappa shape index (κ1) is 21.0. The number of hydrogen-bond acceptors (Lipinski definition) is 6. The lowest BCUT2D eigenvalue weighted by molar-refractivity contribution is 0.0746. The molecule has 3 aromatic rings. The van der Waals surface area contributed by atoms with Crippen LogP contribution in [-0.4, -0.2) is 76.2 Å². The Morgan fingerprint density at radius 3 is 2.44 bits per heavy atom. The van der Waals surface area contributed by atoms with Gasteiger partial charge in [0, 0.05) is 69.5 Å². The Morgan fingerprint density at radius 1 is 0.882 bits per heavy atom. The number of hydrogen-bond donors (Lipinski definition) is 3. The highest BCUT2D eigenvalue weighted by Crippen LogP contribution is 2.32. The number of H-pyrrole nitrogens is 1. The maximum absolute atomic E-state index is 13.4. The van der Waals surface area contributed by atoms with Gasteiger partial charge in [-0.05, 0) is 42.2 Å². The molecule has 9 nitrogen and oxygen atoms in total. The van der Waals surface area contributed by atoms with Crippen LogP contribution < -0.4 is 10.2 Å². The number of fused-ring (bicyclic) bond motifs is 2. The molecule has 3 aliphatic heterocycles. The Bertz CT molecular complexity index is 1270. The molecule has 0 saturated carbocycles. The molecule has 0 atom stereocenters. The molecule has 3 aliphatic rings. The Kier molecular flexibility index (Phi) is 5.13. The van der Waals surface area contributed by atoms with Crippen LogP contribution in [0.15, 0.2) is 30.3 Å². The molecule has 1 aromatic heterocycles. The number of phenolic OH excluding ortho intramolecular Hbond substituents is 1. The van der Waals surface area contributed by atoms with Gasteiger partial charge in [0.05, 0.1) is 11.1 Å². The summed E-state index contributed by atoms with van der Waals surface area (Å²) in [6.07, 6.45) is 1.98. The average Bonchev–Trinajstić information content (AvgIpc) is 3.62. The molecule has 3 N–H and O–H groups in total. The number of aromatic nitrogens is 2. The fourth-order valence-electron chi connectivity index (χ4n) is 5.27. The number of nitrogens with one attached hydrogen (secondary N) is 2. The van der Waals surface area contributed by atoms with Crippen molar-refractivity contribution in [2.75, 3.05) is 44.2 Å². The zero-order valence-corrected chi connectivity index (χ0v) is 19.0. The first-order chi connectivity index (χ1) is 16.6. The van der Waals surface area contributed by atoms with Gasteiger partial charge in [-0.3, -0.25) is 14.7 Å². The summed E-state index contributed by atoms with van der Waals surface area (Å²) in [5.74, 6) is -0.499. The molecule has 4 heterocycles. The summed E-state index contributed by atoms with van der Waals surface area (Å²) in [5.41, 5.74) is 4.49. The number of aromatic hydroxyl groups is 1. The number of aromatic amines is 1. The molecule has 9 heteroatoms. The van der Waals surface area contributed by atoms with Gasteiger partial charge in [0.15, 0.2) is 5.69 Å². The van der Waals surface area contributed by atoms with E-state index in [1.54, 1.807) is 15.9 Å². The normalized spacial score (nSPS) is 18.1. The van der Waals surface area contributed by atoms with Gasteiger partial charge < -0.3 is 25.1 Å². The molecule has 0 unspecified atom stereocenters. The second-order valence-electron chi connectivity index (χ2n) is 9.34. The lowest BCUT2D eigenvalue weighted by Gasteiger charge is -2.29. The standard InChI is InChI=1S/C25H28N6O3/c32-22-13-21-19(23(28-27-21)25(34)30-7-1-2-8-30)12-20(22)24(33)31-14-16-3-4-18(11-17(16)15-31)29-9-5-26-6-10-29/h3-4,11-13,26,32H,1-2,5-10,14-15H2,(H,27,28). The summed E-state index contributed by atoms with van der Waals surface area (Å²) in [5, 5.41) is 21.6. The average molecular weight is 461 g/mol.